The van der Waals surface area contributed by atoms with Gasteiger partial charge in [-0.3, -0.25) is 9.59 Å². The number of carbonyl (C=O) groups excluding carboxylic acids is 3. The zero-order valence-corrected chi connectivity index (χ0v) is 16.6. The second-order valence-electron chi connectivity index (χ2n) is 6.76. The molecule has 0 saturated carbocycles. The average molecular weight is 414 g/mol. The van der Waals surface area contributed by atoms with E-state index in [1.165, 1.54) is 13.3 Å². The van der Waals surface area contributed by atoms with Crippen LogP contribution in [0.15, 0.2) is 77.9 Å². The summed E-state index contributed by atoms with van der Waals surface area (Å²) in [5.41, 5.74) is 2.81. The summed E-state index contributed by atoms with van der Waals surface area (Å²) in [6, 6.07) is 20.7. The quantitative estimate of drug-likeness (QED) is 0.349. The molecule has 7 heteroatoms. The minimum atomic E-state index is -0.435. The molecule has 0 spiro atoms. The lowest BCUT2D eigenvalue weighted by Gasteiger charge is -2.08. The number of carbonyl (C=O) groups is 3. The van der Waals surface area contributed by atoms with Crippen LogP contribution >= 0.6 is 0 Å². The monoisotopic (exact) mass is 414 g/mol. The number of imide groups is 1. The van der Waals surface area contributed by atoms with Crippen LogP contribution in [0.3, 0.4) is 0 Å². The Morgan fingerprint density at radius 3 is 2.10 bits per heavy atom. The van der Waals surface area contributed by atoms with Gasteiger partial charge in [-0.25, -0.2) is 4.79 Å². The molecule has 154 valence electrons. The van der Waals surface area contributed by atoms with Crippen molar-refractivity contribution in [3.8, 4) is 5.75 Å². The molecule has 1 aliphatic heterocycles. The minimum Gasteiger partial charge on any atom is -0.489 e. The van der Waals surface area contributed by atoms with Crippen molar-refractivity contribution in [1.82, 2.24) is 5.01 Å². The first-order valence-electron chi connectivity index (χ1n) is 9.49. The molecule has 31 heavy (non-hydrogen) atoms. The molecule has 0 bridgehead atoms. The number of hydrogen-bond donors (Lipinski definition) is 0. The van der Waals surface area contributed by atoms with Gasteiger partial charge in [-0.15, -0.1) is 0 Å². The first-order chi connectivity index (χ1) is 15.1. The first-order valence-corrected chi connectivity index (χ1v) is 9.49. The van der Waals surface area contributed by atoms with Crippen LogP contribution in [0.25, 0.3) is 0 Å². The van der Waals surface area contributed by atoms with Gasteiger partial charge in [-0.2, -0.15) is 10.1 Å². The molecule has 4 rings (SSSR count). The Hall–Kier alpha value is -4.26. The van der Waals surface area contributed by atoms with Crippen LogP contribution in [0.2, 0.25) is 0 Å². The minimum absolute atomic E-state index is 0.337. The Balaban J connectivity index is 1.36. The molecule has 2 amide bonds. The molecule has 0 fully saturated rings. The molecule has 7 nitrogen and oxygen atoms in total. The highest BCUT2D eigenvalue weighted by Gasteiger charge is 2.35. The van der Waals surface area contributed by atoms with Gasteiger partial charge in [0.15, 0.2) is 0 Å². The van der Waals surface area contributed by atoms with Gasteiger partial charge < -0.3 is 9.47 Å². The van der Waals surface area contributed by atoms with E-state index < -0.39 is 11.8 Å². The molecule has 0 radical (unpaired) electrons. The van der Waals surface area contributed by atoms with Crippen LogP contribution in [0.4, 0.5) is 0 Å². The van der Waals surface area contributed by atoms with Crippen LogP contribution in [0.5, 0.6) is 5.75 Å². The van der Waals surface area contributed by atoms with Crippen LogP contribution < -0.4 is 4.74 Å². The normalized spacial score (nSPS) is 12.9. The highest BCUT2D eigenvalue weighted by molar-refractivity contribution is 6.21. The van der Waals surface area contributed by atoms with Crippen molar-refractivity contribution in [3.63, 3.8) is 0 Å². The van der Waals surface area contributed by atoms with Gasteiger partial charge in [0.25, 0.3) is 11.8 Å². The van der Waals surface area contributed by atoms with Crippen LogP contribution in [0, 0.1) is 0 Å². The third-order valence-corrected chi connectivity index (χ3v) is 4.76. The number of benzene rings is 3. The van der Waals surface area contributed by atoms with E-state index in [4.69, 9.17) is 4.74 Å². The summed E-state index contributed by atoms with van der Waals surface area (Å²) in [7, 11) is 1.34. The smallest absolute Gasteiger partial charge is 0.337 e. The summed E-state index contributed by atoms with van der Waals surface area (Å²) in [5.74, 6) is -0.606. The first kappa shape index (κ1) is 20.0. The summed E-state index contributed by atoms with van der Waals surface area (Å²) in [4.78, 5) is 36.1. The molecular weight excluding hydrogens is 396 g/mol. The number of fused-ring (bicyclic) bond motifs is 1. The summed E-state index contributed by atoms with van der Waals surface area (Å²) < 4.78 is 10.4. The number of ether oxygens (including phenoxy) is 2. The van der Waals surface area contributed by atoms with Gasteiger partial charge in [0, 0.05) is 0 Å². The molecular formula is C24H18N2O5. The molecule has 0 unspecified atom stereocenters. The fourth-order valence-corrected chi connectivity index (χ4v) is 3.08. The molecule has 3 aromatic carbocycles. The van der Waals surface area contributed by atoms with Crippen molar-refractivity contribution in [1.29, 1.82) is 0 Å². The van der Waals surface area contributed by atoms with Gasteiger partial charge in [-0.05, 0) is 59.7 Å². The van der Waals surface area contributed by atoms with Gasteiger partial charge in [0.2, 0.25) is 0 Å². The van der Waals surface area contributed by atoms with E-state index in [0.29, 0.717) is 34.6 Å². The summed E-state index contributed by atoms with van der Waals surface area (Å²) in [6.07, 6.45) is 1.46. The zero-order valence-electron chi connectivity index (χ0n) is 16.6. The van der Waals surface area contributed by atoms with Crippen molar-refractivity contribution in [3.05, 3.63) is 101 Å². The van der Waals surface area contributed by atoms with E-state index in [1.807, 2.05) is 0 Å². The maximum absolute atomic E-state index is 12.3. The predicted octanol–water partition coefficient (Wildman–Crippen LogP) is 3.68. The van der Waals surface area contributed by atoms with Gasteiger partial charge in [0.05, 0.1) is 30.0 Å². The largest absolute Gasteiger partial charge is 0.489 e. The highest BCUT2D eigenvalue weighted by atomic mass is 16.5. The molecule has 3 aromatic rings. The third-order valence-electron chi connectivity index (χ3n) is 4.76. The number of nitrogens with zero attached hydrogens (tertiary/aromatic N) is 2. The summed E-state index contributed by atoms with van der Waals surface area (Å²) >= 11 is 0. The maximum Gasteiger partial charge on any atom is 0.337 e. The Morgan fingerprint density at radius 2 is 1.52 bits per heavy atom. The van der Waals surface area contributed by atoms with Gasteiger partial charge in [0.1, 0.15) is 12.4 Å². The van der Waals surface area contributed by atoms with E-state index >= 15 is 0 Å². The van der Waals surface area contributed by atoms with Crippen molar-refractivity contribution in [2.45, 2.75) is 6.61 Å². The lowest BCUT2D eigenvalue weighted by atomic mass is 10.1. The highest BCUT2D eigenvalue weighted by Crippen LogP contribution is 2.22. The molecule has 0 saturated heterocycles. The number of hydrogen-bond acceptors (Lipinski definition) is 6. The van der Waals surface area contributed by atoms with Gasteiger partial charge in [-0.1, -0.05) is 24.3 Å². The molecule has 0 aromatic heterocycles. The zero-order chi connectivity index (χ0) is 21.8. The maximum atomic E-state index is 12.3. The molecule has 0 aliphatic carbocycles. The second kappa shape index (κ2) is 8.62. The van der Waals surface area contributed by atoms with Crippen molar-refractivity contribution in [2.75, 3.05) is 7.11 Å². The molecule has 0 atom stereocenters. The Kier molecular flexibility index (Phi) is 5.57. The summed E-state index contributed by atoms with van der Waals surface area (Å²) in [5, 5.41) is 4.92. The topological polar surface area (TPSA) is 85.3 Å². The third kappa shape index (κ3) is 4.20. The number of rotatable bonds is 6. The van der Waals surface area contributed by atoms with Crippen LogP contribution in [-0.2, 0) is 11.3 Å². The van der Waals surface area contributed by atoms with E-state index in [1.54, 1.807) is 72.8 Å². The standard InChI is InChI=1S/C24H18N2O5/c1-30-24(29)18-10-6-17(7-11-18)15-31-19-12-8-16(9-13-19)14-25-26-22(27)20-4-2-3-5-21(20)23(26)28/h2-14H,15H2,1H3/b25-14-. The number of esters is 1. The fourth-order valence-electron chi connectivity index (χ4n) is 3.08. The Labute approximate surface area is 178 Å². The second-order valence-corrected chi connectivity index (χ2v) is 6.76. The van der Waals surface area contributed by atoms with Crippen molar-refractivity contribution in [2.24, 2.45) is 5.10 Å². The van der Waals surface area contributed by atoms with E-state index in [2.05, 4.69) is 9.84 Å². The lowest BCUT2D eigenvalue weighted by Crippen LogP contribution is -2.23. The van der Waals surface area contributed by atoms with Crippen LogP contribution in [-0.4, -0.2) is 36.1 Å². The summed E-state index contributed by atoms with van der Waals surface area (Å²) in [6.45, 7) is 0.337. The predicted molar refractivity (Wildman–Crippen MR) is 113 cm³/mol. The number of methoxy groups -OCH3 is 1. The SMILES string of the molecule is COC(=O)c1ccc(COc2ccc(/C=N\N3C(=O)c4ccccc4C3=O)cc2)cc1. The molecule has 1 heterocycles. The van der Waals surface area contributed by atoms with E-state index in [0.717, 1.165) is 10.6 Å². The van der Waals surface area contributed by atoms with Gasteiger partial charge >= 0.3 is 5.97 Å². The number of amides is 2. The molecule has 1 aliphatic rings. The Morgan fingerprint density at radius 1 is 0.903 bits per heavy atom. The van der Waals surface area contributed by atoms with E-state index in [-0.39, 0.29) is 5.97 Å². The lowest BCUT2D eigenvalue weighted by molar-refractivity contribution is 0.0598. The molecule has 0 N–H and O–H groups in total. The average Bonchev–Trinajstić information content (AvgIpc) is 3.06. The van der Waals surface area contributed by atoms with Crippen molar-refractivity contribution < 1.29 is 23.9 Å². The Bertz CT molecular complexity index is 1130. The fraction of sp³-hybridized carbons (Fsp3) is 0.0833. The van der Waals surface area contributed by atoms with Crippen molar-refractivity contribution >= 4 is 24.0 Å². The van der Waals surface area contributed by atoms with Crippen LogP contribution in [0.1, 0.15) is 42.2 Å². The van der Waals surface area contributed by atoms with E-state index in [9.17, 15) is 14.4 Å². The number of hydrazone groups is 1.